The normalized spacial score (nSPS) is 25.0. The lowest BCUT2D eigenvalue weighted by atomic mass is 9.68. The van der Waals surface area contributed by atoms with Crippen LogP contribution in [0.3, 0.4) is 0 Å². The molecule has 3 heterocycles. The first-order valence-electron chi connectivity index (χ1n) is 17.8. The Labute approximate surface area is 320 Å². The summed E-state index contributed by atoms with van der Waals surface area (Å²) in [4.78, 5) is 70.8. The number of aromatic amines is 1. The van der Waals surface area contributed by atoms with Gasteiger partial charge >= 0.3 is 17.0 Å². The van der Waals surface area contributed by atoms with E-state index in [0.717, 1.165) is 38.9 Å². The second-order valence-corrected chi connectivity index (χ2v) is 16.0. The average molecular weight is 794 g/mol. The standard InChI is InChI=1S/C39H34F3N3O8S2/c1-3-51-26-15-19(11-14-25(26)53-17-27(46)43-24-8-6-5-7-23(24)39(40,41)42)28-29-21-16-22(32(29)54-34-33(28)55-38(50)44-34)31-30(21)35(47)45(36(31)48)20-12-9-18(10-13-20)37(49)52-4-2/h5-15,21-22,28-32H,3-4,16-17H2,1-2H3,(H,43,46)(H,44,50)/t21-,22-,28-,29?,30?,31?,32?/m1/s1. The van der Waals surface area contributed by atoms with Crippen molar-refractivity contribution >= 4 is 58.2 Å². The van der Waals surface area contributed by atoms with Gasteiger partial charge in [-0.15, -0.1) is 11.8 Å². The summed E-state index contributed by atoms with van der Waals surface area (Å²) in [5.41, 5.74) is 0.126. The summed E-state index contributed by atoms with van der Waals surface area (Å²) in [5.74, 6) is -3.16. The van der Waals surface area contributed by atoms with Crippen LogP contribution in [0.25, 0.3) is 0 Å². The third-order valence-electron chi connectivity index (χ3n) is 10.9. The van der Waals surface area contributed by atoms with E-state index in [0.29, 0.717) is 23.4 Å². The number of halogens is 3. The Morgan fingerprint density at radius 2 is 1.64 bits per heavy atom. The smallest absolute Gasteiger partial charge is 0.418 e. The van der Waals surface area contributed by atoms with Crippen LogP contribution in [0, 0.1) is 29.6 Å². The van der Waals surface area contributed by atoms with Gasteiger partial charge in [0.05, 0.1) is 52.6 Å². The van der Waals surface area contributed by atoms with Gasteiger partial charge in [0.15, 0.2) is 18.1 Å². The van der Waals surface area contributed by atoms with Crippen LogP contribution in [-0.2, 0) is 25.3 Å². The highest BCUT2D eigenvalue weighted by Gasteiger charge is 2.69. The zero-order valence-electron chi connectivity index (χ0n) is 29.4. The fourth-order valence-electron chi connectivity index (χ4n) is 8.88. The number of aromatic nitrogens is 1. The topological polar surface area (TPSA) is 144 Å². The molecule has 55 heavy (non-hydrogen) atoms. The molecule has 3 amide bonds. The fraction of sp³-hybridized carbons (Fsp3) is 0.359. The largest absolute Gasteiger partial charge is 0.490 e. The van der Waals surface area contributed by atoms with Crippen LogP contribution < -0.4 is 24.6 Å². The molecule has 2 N–H and O–H groups in total. The van der Waals surface area contributed by atoms with Crippen molar-refractivity contribution in [1.82, 2.24) is 4.98 Å². The van der Waals surface area contributed by atoms with Crippen LogP contribution in [0.5, 0.6) is 11.5 Å². The Balaban J connectivity index is 1.07. The minimum absolute atomic E-state index is 0.0772. The van der Waals surface area contributed by atoms with E-state index in [1.807, 2.05) is 6.07 Å². The molecule has 4 aromatic rings. The lowest BCUT2D eigenvalue weighted by Crippen LogP contribution is -2.42. The van der Waals surface area contributed by atoms with Gasteiger partial charge in [0.2, 0.25) is 11.8 Å². The predicted octanol–water partition coefficient (Wildman–Crippen LogP) is 6.73. The first-order chi connectivity index (χ1) is 26.4. The lowest BCUT2D eigenvalue weighted by Gasteiger charge is -2.43. The molecule has 4 aliphatic rings. The zero-order valence-corrected chi connectivity index (χ0v) is 31.0. The predicted molar refractivity (Wildman–Crippen MR) is 197 cm³/mol. The maximum atomic E-state index is 14.2. The molecule has 4 unspecified atom stereocenters. The Morgan fingerprint density at radius 3 is 2.35 bits per heavy atom. The molecule has 1 saturated heterocycles. The summed E-state index contributed by atoms with van der Waals surface area (Å²) in [5, 5.41) is 2.92. The zero-order chi connectivity index (χ0) is 38.8. The highest BCUT2D eigenvalue weighted by molar-refractivity contribution is 8.00. The summed E-state index contributed by atoms with van der Waals surface area (Å²) < 4.78 is 57.2. The van der Waals surface area contributed by atoms with E-state index >= 15 is 0 Å². The minimum atomic E-state index is -4.66. The molecule has 3 aromatic carbocycles. The number of imide groups is 1. The molecule has 1 aromatic heterocycles. The molecule has 286 valence electrons. The van der Waals surface area contributed by atoms with Gasteiger partial charge in [-0.25, -0.2) is 4.79 Å². The number of H-pyrrole nitrogens is 1. The summed E-state index contributed by atoms with van der Waals surface area (Å²) in [7, 11) is 0. The molecule has 8 rings (SSSR count). The number of anilines is 2. The maximum Gasteiger partial charge on any atom is 0.418 e. The van der Waals surface area contributed by atoms with E-state index in [9.17, 15) is 37.1 Å². The van der Waals surface area contributed by atoms with Crippen molar-refractivity contribution in [3.05, 3.63) is 98.0 Å². The highest BCUT2D eigenvalue weighted by atomic mass is 32.2. The Hall–Kier alpha value is -5.09. The second-order valence-electron chi connectivity index (χ2n) is 13.8. The van der Waals surface area contributed by atoms with Gasteiger partial charge in [-0.1, -0.05) is 29.5 Å². The van der Waals surface area contributed by atoms with Crippen molar-refractivity contribution in [1.29, 1.82) is 0 Å². The van der Waals surface area contributed by atoms with Gasteiger partial charge in [-0.3, -0.25) is 24.1 Å². The number of para-hydroxylation sites is 1. The van der Waals surface area contributed by atoms with Crippen LogP contribution in [0.1, 0.15) is 52.5 Å². The van der Waals surface area contributed by atoms with Gasteiger partial charge in [-0.05, 0) is 92.1 Å². The molecule has 0 spiro atoms. The number of nitrogens with one attached hydrogen (secondary N) is 2. The van der Waals surface area contributed by atoms with Gasteiger partial charge in [0.25, 0.3) is 5.91 Å². The maximum absolute atomic E-state index is 14.2. The van der Waals surface area contributed by atoms with E-state index in [4.69, 9.17) is 14.2 Å². The van der Waals surface area contributed by atoms with E-state index in [1.165, 1.54) is 17.0 Å². The van der Waals surface area contributed by atoms with Crippen molar-refractivity contribution in [2.24, 2.45) is 29.6 Å². The summed E-state index contributed by atoms with van der Waals surface area (Å²) >= 11 is 2.66. The van der Waals surface area contributed by atoms with Crippen LogP contribution >= 0.6 is 23.1 Å². The molecular formula is C39H34F3N3O8S2. The van der Waals surface area contributed by atoms with Crippen molar-refractivity contribution in [3.8, 4) is 11.5 Å². The molecule has 2 aliphatic heterocycles. The summed E-state index contributed by atoms with van der Waals surface area (Å²) in [6, 6.07) is 16.1. The second kappa shape index (κ2) is 14.2. The number of carbonyl (C=O) groups excluding carboxylic acids is 4. The van der Waals surface area contributed by atoms with E-state index < -0.39 is 42.1 Å². The van der Waals surface area contributed by atoms with Crippen LogP contribution in [0.2, 0.25) is 0 Å². The molecule has 11 nitrogen and oxygen atoms in total. The van der Waals surface area contributed by atoms with Gasteiger partial charge in [0.1, 0.15) is 0 Å². The number of hydrogen-bond acceptors (Lipinski definition) is 10. The van der Waals surface area contributed by atoms with Crippen molar-refractivity contribution < 1.29 is 46.6 Å². The third-order valence-corrected chi connectivity index (χ3v) is 13.4. The van der Waals surface area contributed by atoms with Gasteiger partial charge < -0.3 is 24.5 Å². The molecule has 0 radical (unpaired) electrons. The average Bonchev–Trinajstić information content (AvgIpc) is 3.90. The molecule has 16 heteroatoms. The summed E-state index contributed by atoms with van der Waals surface area (Å²) in [6.45, 7) is 3.34. The number of fused-ring (bicyclic) bond motifs is 9. The van der Waals surface area contributed by atoms with Gasteiger partial charge in [0, 0.05) is 16.0 Å². The quantitative estimate of drug-likeness (QED) is 0.132. The number of nitrogens with zero attached hydrogens (tertiary/aromatic N) is 1. The van der Waals surface area contributed by atoms with Gasteiger partial charge in [-0.2, -0.15) is 13.2 Å². The van der Waals surface area contributed by atoms with Crippen LogP contribution in [0.15, 0.2) is 76.6 Å². The molecule has 2 bridgehead atoms. The van der Waals surface area contributed by atoms with Crippen LogP contribution in [-0.4, -0.2) is 53.7 Å². The summed E-state index contributed by atoms with van der Waals surface area (Å²) in [6.07, 6.45) is -3.99. The first kappa shape index (κ1) is 36.9. The molecule has 7 atom stereocenters. The number of carbonyl (C=O) groups is 4. The number of rotatable bonds is 10. The SMILES string of the molecule is CCOC(=O)c1ccc(N2C(=O)C3C(C2=O)[C@@H]2C[C@H]3C3Sc4[nH]c(=O)sc4[C@H](c4ccc(OCC(=O)Nc5ccccc5C(F)(F)F)c(OCC)c4)C32)cc1. The van der Waals surface area contributed by atoms with E-state index in [-0.39, 0.29) is 70.3 Å². The Kier molecular flexibility index (Phi) is 9.52. The van der Waals surface area contributed by atoms with E-state index in [2.05, 4.69) is 10.3 Å². The number of amides is 3. The minimum Gasteiger partial charge on any atom is -0.490 e. The van der Waals surface area contributed by atoms with Crippen molar-refractivity contribution in [3.63, 3.8) is 0 Å². The monoisotopic (exact) mass is 793 g/mol. The van der Waals surface area contributed by atoms with Crippen LogP contribution in [0.4, 0.5) is 24.5 Å². The number of ether oxygens (including phenoxy) is 3. The number of thioether (sulfide) groups is 1. The number of esters is 1. The van der Waals surface area contributed by atoms with E-state index in [1.54, 1.807) is 62.0 Å². The Bertz CT molecular complexity index is 2260. The highest BCUT2D eigenvalue weighted by Crippen LogP contribution is 2.69. The molecule has 3 fully saturated rings. The number of hydrogen-bond donors (Lipinski definition) is 2. The number of thiazole rings is 1. The molecule has 2 aliphatic carbocycles. The van der Waals surface area contributed by atoms with Crippen molar-refractivity contribution in [2.75, 3.05) is 30.0 Å². The lowest BCUT2D eigenvalue weighted by molar-refractivity contribution is -0.137. The van der Waals surface area contributed by atoms with Crippen molar-refractivity contribution in [2.45, 2.75) is 42.6 Å². The fourth-order valence-corrected chi connectivity index (χ4v) is 11.8. The number of benzene rings is 3. The first-order valence-corrected chi connectivity index (χ1v) is 19.5. The number of alkyl halides is 3. The Morgan fingerprint density at radius 1 is 0.909 bits per heavy atom. The molecule has 2 saturated carbocycles. The molecular weight excluding hydrogens is 760 g/mol. The third kappa shape index (κ3) is 6.38.